The van der Waals surface area contributed by atoms with Crippen LogP contribution in [-0.2, 0) is 4.79 Å². The van der Waals surface area contributed by atoms with E-state index in [2.05, 4.69) is 6.07 Å². The normalized spacial score (nSPS) is 24.0. The Labute approximate surface area is 78.4 Å². The first kappa shape index (κ1) is 10.2. The van der Waals surface area contributed by atoms with Gasteiger partial charge in [0.05, 0.1) is 11.5 Å². The lowest BCUT2D eigenvalue weighted by Gasteiger charge is -2.26. The minimum atomic E-state index is -1.10. The number of hydrogen-bond donors (Lipinski definition) is 1. The maximum atomic E-state index is 10.5. The fraction of sp³-hybridized carbons (Fsp3) is 0.800. The Morgan fingerprint density at radius 2 is 1.85 bits per heavy atom. The predicted octanol–water partition coefficient (Wildman–Crippen LogP) is 1.41. The number of aliphatic hydroxyl groups excluding tert-OH is 1. The van der Waals surface area contributed by atoms with E-state index in [1.54, 1.807) is 0 Å². The van der Waals surface area contributed by atoms with Gasteiger partial charge in [-0.15, -0.1) is 0 Å². The average molecular weight is 181 g/mol. The minimum Gasteiger partial charge on any atom is -0.384 e. The van der Waals surface area contributed by atoms with Crippen molar-refractivity contribution in [3.05, 3.63) is 0 Å². The zero-order valence-electron chi connectivity index (χ0n) is 7.70. The topological polar surface area (TPSA) is 61.1 Å². The van der Waals surface area contributed by atoms with E-state index in [0.717, 1.165) is 25.7 Å². The molecule has 1 fully saturated rings. The SMILES string of the molecule is N#CC1(C(O)C=O)CCCCCC1. The number of aldehydes is 1. The molecule has 1 unspecified atom stereocenters. The predicted molar refractivity (Wildman–Crippen MR) is 47.8 cm³/mol. The number of aliphatic hydroxyl groups is 1. The summed E-state index contributed by atoms with van der Waals surface area (Å²) in [6.45, 7) is 0. The summed E-state index contributed by atoms with van der Waals surface area (Å²) < 4.78 is 0. The zero-order valence-corrected chi connectivity index (χ0v) is 7.70. The molecule has 13 heavy (non-hydrogen) atoms. The number of rotatable bonds is 2. The van der Waals surface area contributed by atoms with Crippen LogP contribution >= 0.6 is 0 Å². The van der Waals surface area contributed by atoms with Crippen LogP contribution in [0.15, 0.2) is 0 Å². The van der Waals surface area contributed by atoms with Gasteiger partial charge in [-0.1, -0.05) is 25.7 Å². The van der Waals surface area contributed by atoms with Gasteiger partial charge in [0.1, 0.15) is 12.4 Å². The van der Waals surface area contributed by atoms with Gasteiger partial charge < -0.3 is 9.90 Å². The maximum Gasteiger partial charge on any atom is 0.150 e. The number of nitrogens with zero attached hydrogens (tertiary/aromatic N) is 1. The third-order valence-electron chi connectivity index (χ3n) is 2.91. The Bertz CT molecular complexity index is 211. The quantitative estimate of drug-likeness (QED) is 0.517. The molecular formula is C10H15NO2. The molecule has 3 heteroatoms. The highest BCUT2D eigenvalue weighted by Crippen LogP contribution is 2.36. The number of hydrogen-bond acceptors (Lipinski definition) is 3. The van der Waals surface area contributed by atoms with Crippen LogP contribution in [0, 0.1) is 16.7 Å². The first-order valence-electron chi connectivity index (χ1n) is 4.80. The fourth-order valence-electron chi connectivity index (χ4n) is 1.96. The van der Waals surface area contributed by atoms with Gasteiger partial charge in [0, 0.05) is 0 Å². The second kappa shape index (κ2) is 4.38. The van der Waals surface area contributed by atoms with Crippen LogP contribution in [-0.4, -0.2) is 17.5 Å². The van der Waals surface area contributed by atoms with Crippen molar-refractivity contribution in [3.8, 4) is 6.07 Å². The van der Waals surface area contributed by atoms with Crippen molar-refractivity contribution >= 4 is 6.29 Å². The van der Waals surface area contributed by atoms with Gasteiger partial charge >= 0.3 is 0 Å². The summed E-state index contributed by atoms with van der Waals surface area (Å²) in [4.78, 5) is 10.5. The van der Waals surface area contributed by atoms with Gasteiger partial charge in [-0.05, 0) is 12.8 Å². The first-order chi connectivity index (χ1) is 6.25. The largest absolute Gasteiger partial charge is 0.384 e. The highest BCUT2D eigenvalue weighted by molar-refractivity contribution is 5.58. The van der Waals surface area contributed by atoms with E-state index in [-0.39, 0.29) is 0 Å². The summed E-state index contributed by atoms with van der Waals surface area (Å²) in [6, 6.07) is 2.13. The molecule has 0 saturated heterocycles. The molecule has 0 aromatic heterocycles. The molecule has 0 amide bonds. The molecule has 1 N–H and O–H groups in total. The average Bonchev–Trinajstić information content (AvgIpc) is 2.42. The lowest BCUT2D eigenvalue weighted by molar-refractivity contribution is -0.119. The smallest absolute Gasteiger partial charge is 0.150 e. The Hall–Kier alpha value is -0.880. The monoisotopic (exact) mass is 181 g/mol. The third kappa shape index (κ3) is 2.07. The van der Waals surface area contributed by atoms with Crippen molar-refractivity contribution < 1.29 is 9.90 Å². The Morgan fingerprint density at radius 1 is 1.31 bits per heavy atom. The second-order valence-electron chi connectivity index (χ2n) is 3.76. The van der Waals surface area contributed by atoms with Crippen LogP contribution in [0.2, 0.25) is 0 Å². The summed E-state index contributed by atoms with van der Waals surface area (Å²) in [5.41, 5.74) is -0.793. The van der Waals surface area contributed by atoms with Gasteiger partial charge in [-0.3, -0.25) is 0 Å². The Kier molecular flexibility index (Phi) is 3.44. The highest BCUT2D eigenvalue weighted by atomic mass is 16.3. The van der Waals surface area contributed by atoms with Crippen LogP contribution < -0.4 is 0 Å². The summed E-state index contributed by atoms with van der Waals surface area (Å²) in [5.74, 6) is 0. The van der Waals surface area contributed by atoms with E-state index in [4.69, 9.17) is 5.26 Å². The van der Waals surface area contributed by atoms with Crippen LogP contribution in [0.25, 0.3) is 0 Å². The summed E-state index contributed by atoms with van der Waals surface area (Å²) in [6.07, 6.45) is 4.80. The molecule has 0 aromatic rings. The van der Waals surface area contributed by atoms with Gasteiger partial charge in [0.25, 0.3) is 0 Å². The molecule has 72 valence electrons. The van der Waals surface area contributed by atoms with Crippen molar-refractivity contribution in [1.82, 2.24) is 0 Å². The minimum absolute atomic E-state index is 0.495. The van der Waals surface area contributed by atoms with Crippen LogP contribution in [0.4, 0.5) is 0 Å². The molecule has 0 bridgehead atoms. The van der Waals surface area contributed by atoms with Gasteiger partial charge in [-0.2, -0.15) is 5.26 Å². The van der Waals surface area contributed by atoms with Crippen LogP contribution in [0.1, 0.15) is 38.5 Å². The molecule has 0 aromatic carbocycles. The van der Waals surface area contributed by atoms with Crippen molar-refractivity contribution in [2.24, 2.45) is 5.41 Å². The van der Waals surface area contributed by atoms with E-state index in [1.807, 2.05) is 0 Å². The molecule has 1 aliphatic carbocycles. The molecule has 3 nitrogen and oxygen atoms in total. The van der Waals surface area contributed by atoms with Gasteiger partial charge in [-0.25, -0.2) is 0 Å². The third-order valence-corrected chi connectivity index (χ3v) is 2.91. The second-order valence-corrected chi connectivity index (χ2v) is 3.76. The summed E-state index contributed by atoms with van der Waals surface area (Å²) in [5, 5.41) is 18.5. The van der Waals surface area contributed by atoms with E-state index in [1.165, 1.54) is 0 Å². The summed E-state index contributed by atoms with van der Waals surface area (Å²) in [7, 11) is 0. The molecule has 0 aliphatic heterocycles. The van der Waals surface area contributed by atoms with Gasteiger partial charge in [0.15, 0.2) is 0 Å². The number of carbonyl (C=O) groups is 1. The standard InChI is InChI=1S/C10H15NO2/c11-8-10(9(13)7-12)5-3-1-2-4-6-10/h7,9,13H,1-6H2. The van der Waals surface area contributed by atoms with Crippen LogP contribution in [0.5, 0.6) is 0 Å². The Balaban J connectivity index is 2.77. The Morgan fingerprint density at radius 3 is 2.23 bits per heavy atom. The van der Waals surface area contributed by atoms with E-state index in [9.17, 15) is 9.90 Å². The van der Waals surface area contributed by atoms with E-state index >= 15 is 0 Å². The lowest BCUT2D eigenvalue weighted by atomic mass is 9.77. The number of carbonyl (C=O) groups excluding carboxylic acids is 1. The number of nitriles is 1. The van der Waals surface area contributed by atoms with Crippen LogP contribution in [0.3, 0.4) is 0 Å². The zero-order chi connectivity index (χ0) is 9.73. The first-order valence-corrected chi connectivity index (χ1v) is 4.80. The summed E-state index contributed by atoms with van der Waals surface area (Å²) >= 11 is 0. The molecule has 0 radical (unpaired) electrons. The molecule has 1 atom stereocenters. The molecule has 0 heterocycles. The lowest BCUT2D eigenvalue weighted by Crippen LogP contribution is -2.34. The maximum absolute atomic E-state index is 10.5. The van der Waals surface area contributed by atoms with Crippen molar-refractivity contribution in [2.45, 2.75) is 44.6 Å². The molecule has 1 saturated carbocycles. The van der Waals surface area contributed by atoms with Crippen molar-refractivity contribution in [1.29, 1.82) is 5.26 Å². The molecule has 1 rings (SSSR count). The van der Waals surface area contributed by atoms with E-state index < -0.39 is 11.5 Å². The van der Waals surface area contributed by atoms with E-state index in [0.29, 0.717) is 19.1 Å². The molecule has 0 spiro atoms. The molecule has 1 aliphatic rings. The van der Waals surface area contributed by atoms with Crippen molar-refractivity contribution in [2.75, 3.05) is 0 Å². The van der Waals surface area contributed by atoms with Gasteiger partial charge in [0.2, 0.25) is 0 Å². The van der Waals surface area contributed by atoms with Crippen molar-refractivity contribution in [3.63, 3.8) is 0 Å². The molecular weight excluding hydrogens is 166 g/mol. The highest BCUT2D eigenvalue weighted by Gasteiger charge is 2.38. The fourth-order valence-corrected chi connectivity index (χ4v) is 1.96.